The number of piperidine rings is 1. The van der Waals surface area contributed by atoms with Gasteiger partial charge in [0.05, 0.1) is 22.6 Å². The Balaban J connectivity index is 1.28. The molecule has 0 bridgehead atoms. The van der Waals surface area contributed by atoms with Crippen molar-refractivity contribution in [3.63, 3.8) is 0 Å². The normalized spacial score (nSPS) is 18.7. The van der Waals surface area contributed by atoms with Crippen LogP contribution in [0.25, 0.3) is 44.5 Å². The number of hydrogen-bond acceptors (Lipinski definition) is 6. The number of carboxylic acid groups (broad SMARTS) is 1. The van der Waals surface area contributed by atoms with E-state index in [4.69, 9.17) is 9.97 Å². The summed E-state index contributed by atoms with van der Waals surface area (Å²) >= 11 is 0. The first-order valence-electron chi connectivity index (χ1n) is 18.7. The number of pyridine rings is 2. The molecule has 0 spiro atoms. The number of nitrogens with zero attached hydrogens (tertiary/aromatic N) is 5. The number of benzene rings is 2. The van der Waals surface area contributed by atoms with Crippen LogP contribution in [0, 0.1) is 5.92 Å². The van der Waals surface area contributed by atoms with Crippen LogP contribution in [0.5, 0.6) is 5.75 Å². The highest BCUT2D eigenvalue weighted by Crippen LogP contribution is 2.49. The van der Waals surface area contributed by atoms with Crippen molar-refractivity contribution in [2.45, 2.75) is 77.1 Å². The second-order valence-corrected chi connectivity index (χ2v) is 14.6. The topological polar surface area (TPSA) is 83.7 Å². The third kappa shape index (κ3) is 6.71. The highest BCUT2D eigenvalue weighted by molar-refractivity contribution is 6.04. The van der Waals surface area contributed by atoms with E-state index < -0.39 is 12.3 Å². The maximum Gasteiger partial charge on any atom is 0.573 e. The summed E-state index contributed by atoms with van der Waals surface area (Å²) in [5.41, 5.74) is 7.20. The number of ether oxygens (including phenoxy) is 1. The lowest BCUT2D eigenvalue weighted by Crippen LogP contribution is -2.37. The van der Waals surface area contributed by atoms with Gasteiger partial charge in [0.2, 0.25) is 0 Å². The van der Waals surface area contributed by atoms with Crippen molar-refractivity contribution in [3.8, 4) is 28.3 Å². The van der Waals surface area contributed by atoms with E-state index in [9.17, 15) is 23.1 Å². The molecule has 2 aromatic carbocycles. The van der Waals surface area contributed by atoms with Crippen molar-refractivity contribution in [3.05, 3.63) is 71.9 Å². The number of alkyl halides is 3. The SMILES string of the molecule is CCN1CCCC(CCN2CCn3c(c(C4CCCCC4)c4ccc(C(=O)O)nc43)-c3ccc4nc(-c5cccc(OC(F)(F)F)c5)ccc4c32)C1. The van der Waals surface area contributed by atoms with Gasteiger partial charge in [0.25, 0.3) is 0 Å². The van der Waals surface area contributed by atoms with Crippen LogP contribution in [0.15, 0.2) is 60.7 Å². The molecule has 5 aromatic rings. The van der Waals surface area contributed by atoms with E-state index in [1.54, 1.807) is 18.2 Å². The van der Waals surface area contributed by atoms with Crippen LogP contribution in [-0.2, 0) is 6.54 Å². The van der Waals surface area contributed by atoms with Gasteiger partial charge in [0.15, 0.2) is 5.69 Å². The number of aromatic nitrogens is 3. The zero-order valence-electron chi connectivity index (χ0n) is 29.5. The molecule has 2 aliphatic heterocycles. The molecule has 272 valence electrons. The average molecular weight is 712 g/mol. The van der Waals surface area contributed by atoms with Gasteiger partial charge in [-0.15, -0.1) is 13.2 Å². The number of anilines is 1. The Morgan fingerprint density at radius 3 is 2.54 bits per heavy atom. The Morgan fingerprint density at radius 1 is 0.923 bits per heavy atom. The van der Waals surface area contributed by atoms with E-state index in [0.717, 1.165) is 104 Å². The smallest absolute Gasteiger partial charge is 0.477 e. The number of rotatable bonds is 8. The summed E-state index contributed by atoms with van der Waals surface area (Å²) in [4.78, 5) is 26.9. The maximum absolute atomic E-state index is 13.0. The van der Waals surface area contributed by atoms with Gasteiger partial charge in [0.1, 0.15) is 11.4 Å². The van der Waals surface area contributed by atoms with Crippen LogP contribution < -0.4 is 9.64 Å². The highest BCUT2D eigenvalue weighted by atomic mass is 19.4. The Hall–Kier alpha value is -4.64. The molecule has 3 aliphatic rings. The Labute approximate surface area is 301 Å². The maximum atomic E-state index is 13.0. The molecule has 1 aliphatic carbocycles. The lowest BCUT2D eigenvalue weighted by Gasteiger charge is -2.34. The molecule has 1 saturated heterocycles. The summed E-state index contributed by atoms with van der Waals surface area (Å²) < 4.78 is 45.6. The van der Waals surface area contributed by atoms with Crippen molar-refractivity contribution in [1.82, 2.24) is 19.4 Å². The van der Waals surface area contributed by atoms with Crippen LogP contribution in [0.1, 0.15) is 80.3 Å². The molecule has 5 heterocycles. The summed E-state index contributed by atoms with van der Waals surface area (Å²) in [7, 11) is 0. The lowest BCUT2D eigenvalue weighted by atomic mass is 9.81. The molecule has 3 aromatic heterocycles. The monoisotopic (exact) mass is 711 g/mol. The van der Waals surface area contributed by atoms with Crippen molar-refractivity contribution < 1.29 is 27.8 Å². The molecule has 1 atom stereocenters. The minimum absolute atomic E-state index is 0.0436. The van der Waals surface area contributed by atoms with Gasteiger partial charge < -0.3 is 24.2 Å². The Bertz CT molecular complexity index is 2120. The van der Waals surface area contributed by atoms with E-state index in [-0.39, 0.29) is 11.4 Å². The van der Waals surface area contributed by atoms with E-state index >= 15 is 0 Å². The molecular formula is C41H44F3N5O3. The van der Waals surface area contributed by atoms with Gasteiger partial charge in [-0.3, -0.25) is 0 Å². The van der Waals surface area contributed by atoms with Gasteiger partial charge in [-0.2, -0.15) is 0 Å². The summed E-state index contributed by atoms with van der Waals surface area (Å²) in [6.45, 7) is 7.79. The summed E-state index contributed by atoms with van der Waals surface area (Å²) in [5, 5.41) is 11.9. The molecule has 8 nitrogen and oxygen atoms in total. The third-order valence-electron chi connectivity index (χ3n) is 11.4. The average Bonchev–Trinajstić information content (AvgIpc) is 3.37. The van der Waals surface area contributed by atoms with Crippen molar-refractivity contribution in [2.24, 2.45) is 5.92 Å². The van der Waals surface area contributed by atoms with E-state index in [0.29, 0.717) is 29.6 Å². The van der Waals surface area contributed by atoms with Crippen molar-refractivity contribution in [1.29, 1.82) is 0 Å². The van der Waals surface area contributed by atoms with Crippen LogP contribution in [-0.4, -0.2) is 69.6 Å². The third-order valence-corrected chi connectivity index (χ3v) is 11.4. The quantitative estimate of drug-likeness (QED) is 0.172. The van der Waals surface area contributed by atoms with E-state index in [1.807, 2.05) is 18.2 Å². The number of carbonyl (C=O) groups is 1. The van der Waals surface area contributed by atoms with Crippen LogP contribution in [0.2, 0.25) is 0 Å². The Morgan fingerprint density at radius 2 is 1.75 bits per heavy atom. The summed E-state index contributed by atoms with van der Waals surface area (Å²) in [6, 6.07) is 17.6. The van der Waals surface area contributed by atoms with Crippen molar-refractivity contribution >= 4 is 33.6 Å². The molecule has 0 radical (unpaired) electrons. The van der Waals surface area contributed by atoms with Crippen LogP contribution in [0.3, 0.4) is 0 Å². The van der Waals surface area contributed by atoms with Crippen molar-refractivity contribution in [2.75, 3.05) is 37.6 Å². The predicted octanol–water partition coefficient (Wildman–Crippen LogP) is 9.50. The molecule has 0 amide bonds. The largest absolute Gasteiger partial charge is 0.573 e. The van der Waals surface area contributed by atoms with Crippen LogP contribution in [0.4, 0.5) is 18.9 Å². The number of likely N-dealkylation sites (tertiary alicyclic amines) is 1. The number of aromatic carboxylic acids is 1. The van der Waals surface area contributed by atoms with Gasteiger partial charge >= 0.3 is 12.3 Å². The molecule has 1 unspecified atom stereocenters. The zero-order valence-corrected chi connectivity index (χ0v) is 29.5. The first kappa shape index (κ1) is 34.4. The summed E-state index contributed by atoms with van der Waals surface area (Å²) in [5.74, 6) is -0.380. The standard InChI is InChI=1S/C41H44F3N5O3/c1-2-47-20-7-8-26(25-47)19-21-48-22-23-49-38(36(27-9-4-3-5-10-27)31-14-18-35(40(50)51)46-39(31)49)32-15-17-34-30(37(32)48)13-16-33(45-34)28-11-6-12-29(24-28)52-41(42,43)44/h6,11-18,24,26-27H,2-5,7-10,19-23,25H2,1H3,(H,50,51). The van der Waals surface area contributed by atoms with Gasteiger partial charge in [0, 0.05) is 48.1 Å². The van der Waals surface area contributed by atoms with E-state index in [1.165, 1.54) is 37.0 Å². The lowest BCUT2D eigenvalue weighted by molar-refractivity contribution is -0.274. The minimum atomic E-state index is -4.79. The molecule has 8 rings (SSSR count). The number of halogens is 3. The first-order chi connectivity index (χ1) is 25.2. The van der Waals surface area contributed by atoms with Gasteiger partial charge in [-0.25, -0.2) is 14.8 Å². The number of hydrogen-bond donors (Lipinski definition) is 1. The zero-order chi connectivity index (χ0) is 36.0. The second-order valence-electron chi connectivity index (χ2n) is 14.6. The molecule has 11 heteroatoms. The predicted molar refractivity (Wildman–Crippen MR) is 197 cm³/mol. The fraction of sp³-hybridized carbons (Fsp3) is 0.439. The minimum Gasteiger partial charge on any atom is -0.477 e. The molecule has 1 saturated carbocycles. The molecular weight excluding hydrogens is 667 g/mol. The van der Waals surface area contributed by atoms with E-state index in [2.05, 4.69) is 38.2 Å². The van der Waals surface area contributed by atoms with Gasteiger partial charge in [-0.05, 0) is 111 Å². The van der Waals surface area contributed by atoms with Gasteiger partial charge in [-0.1, -0.05) is 38.3 Å². The highest BCUT2D eigenvalue weighted by Gasteiger charge is 2.33. The molecule has 1 N–H and O–H groups in total. The molecule has 2 fully saturated rings. The fourth-order valence-corrected chi connectivity index (χ4v) is 8.98. The fourth-order valence-electron chi connectivity index (χ4n) is 8.98. The molecule has 52 heavy (non-hydrogen) atoms. The van der Waals surface area contributed by atoms with Crippen LogP contribution >= 0.6 is 0 Å². The second kappa shape index (κ2) is 14.1. The Kier molecular flexibility index (Phi) is 9.32. The first-order valence-corrected chi connectivity index (χ1v) is 18.7. The number of carboxylic acids is 1. The summed E-state index contributed by atoms with van der Waals surface area (Å²) in [6.07, 6.45) is 4.39. The number of fused-ring (bicyclic) bond motifs is 7.